The highest BCUT2D eigenvalue weighted by molar-refractivity contribution is 6.32. The van der Waals surface area contributed by atoms with E-state index in [1.54, 1.807) is 0 Å². The highest BCUT2D eigenvalue weighted by atomic mass is 35.5. The molecule has 2 rings (SSSR count). The molecule has 0 aliphatic carbocycles. The number of aromatic nitrogens is 2. The summed E-state index contributed by atoms with van der Waals surface area (Å²) in [5.41, 5.74) is 5.63. The predicted molar refractivity (Wildman–Crippen MR) is 67.7 cm³/mol. The first-order valence-corrected chi connectivity index (χ1v) is 5.36. The summed E-state index contributed by atoms with van der Waals surface area (Å²) in [4.78, 5) is 7.59. The van der Waals surface area contributed by atoms with Gasteiger partial charge in [-0.3, -0.25) is 0 Å². The molecular formula is C11H10ClFN4O. The summed E-state index contributed by atoms with van der Waals surface area (Å²) in [6.45, 7) is 0. The lowest BCUT2D eigenvalue weighted by molar-refractivity contribution is 0.414. The predicted octanol–water partition coefficient (Wildman–Crippen LogP) is 2.60. The van der Waals surface area contributed by atoms with Gasteiger partial charge in [-0.2, -0.15) is 4.98 Å². The highest BCUT2D eigenvalue weighted by Gasteiger charge is 2.08. The average molecular weight is 269 g/mol. The molecule has 1 heterocycles. The van der Waals surface area contributed by atoms with Crippen LogP contribution in [0.5, 0.6) is 5.75 Å². The second-order valence-corrected chi connectivity index (χ2v) is 3.80. The zero-order valence-electron chi connectivity index (χ0n) is 9.45. The molecule has 94 valence electrons. The molecule has 7 heteroatoms. The summed E-state index contributed by atoms with van der Waals surface area (Å²) in [6.07, 6.45) is 1.34. The minimum Gasteiger partial charge on any atom is -0.497 e. The molecule has 2 aromatic rings. The van der Waals surface area contributed by atoms with E-state index < -0.39 is 5.82 Å². The molecular weight excluding hydrogens is 259 g/mol. The minimum atomic E-state index is -0.455. The molecule has 0 saturated heterocycles. The van der Waals surface area contributed by atoms with Gasteiger partial charge in [0.2, 0.25) is 5.95 Å². The zero-order valence-corrected chi connectivity index (χ0v) is 10.2. The van der Waals surface area contributed by atoms with Crippen molar-refractivity contribution in [3.63, 3.8) is 0 Å². The van der Waals surface area contributed by atoms with E-state index in [1.807, 2.05) is 0 Å². The lowest BCUT2D eigenvalue weighted by Gasteiger charge is -2.09. The Hall–Kier alpha value is -2.08. The Labute approximate surface area is 108 Å². The minimum absolute atomic E-state index is 0.0465. The van der Waals surface area contributed by atoms with Crippen LogP contribution in [0, 0.1) is 5.82 Å². The number of ether oxygens (including phenoxy) is 1. The van der Waals surface area contributed by atoms with Crippen LogP contribution in [0.4, 0.5) is 21.8 Å². The second kappa shape index (κ2) is 5.05. The van der Waals surface area contributed by atoms with E-state index in [4.69, 9.17) is 22.1 Å². The number of hydrogen-bond donors (Lipinski definition) is 2. The summed E-state index contributed by atoms with van der Waals surface area (Å²) < 4.78 is 18.6. The van der Waals surface area contributed by atoms with Crippen molar-refractivity contribution in [2.75, 3.05) is 18.2 Å². The van der Waals surface area contributed by atoms with Crippen LogP contribution in [-0.2, 0) is 0 Å². The largest absolute Gasteiger partial charge is 0.497 e. The number of rotatable bonds is 3. The van der Waals surface area contributed by atoms with Crippen LogP contribution in [-0.4, -0.2) is 17.1 Å². The first kappa shape index (κ1) is 12.4. The first-order valence-electron chi connectivity index (χ1n) is 4.98. The van der Waals surface area contributed by atoms with Crippen LogP contribution in [0.15, 0.2) is 24.4 Å². The molecule has 1 aromatic heterocycles. The molecule has 3 N–H and O–H groups in total. The molecule has 0 unspecified atom stereocenters. The maximum atomic E-state index is 13.6. The molecule has 0 atom stereocenters. The van der Waals surface area contributed by atoms with Gasteiger partial charge in [0.15, 0.2) is 5.82 Å². The number of anilines is 3. The zero-order chi connectivity index (χ0) is 13.1. The monoisotopic (exact) mass is 268 g/mol. The van der Waals surface area contributed by atoms with Crippen LogP contribution in [0.2, 0.25) is 5.02 Å². The third kappa shape index (κ3) is 2.60. The second-order valence-electron chi connectivity index (χ2n) is 3.40. The van der Waals surface area contributed by atoms with E-state index >= 15 is 0 Å². The Morgan fingerprint density at radius 1 is 1.44 bits per heavy atom. The van der Waals surface area contributed by atoms with Crippen molar-refractivity contribution in [2.45, 2.75) is 0 Å². The van der Waals surface area contributed by atoms with E-state index in [9.17, 15) is 4.39 Å². The number of benzene rings is 1. The Morgan fingerprint density at radius 3 is 2.94 bits per heavy atom. The molecule has 0 aliphatic heterocycles. The Kier molecular flexibility index (Phi) is 3.47. The van der Waals surface area contributed by atoms with Gasteiger partial charge in [0.05, 0.1) is 19.0 Å². The van der Waals surface area contributed by atoms with E-state index in [2.05, 4.69) is 15.3 Å². The summed E-state index contributed by atoms with van der Waals surface area (Å²) >= 11 is 5.88. The van der Waals surface area contributed by atoms with Crippen LogP contribution in [0.25, 0.3) is 0 Å². The van der Waals surface area contributed by atoms with Gasteiger partial charge < -0.3 is 15.8 Å². The summed E-state index contributed by atoms with van der Waals surface area (Å²) in [5, 5.41) is 2.98. The maximum Gasteiger partial charge on any atom is 0.222 e. The fourth-order valence-corrected chi connectivity index (χ4v) is 1.46. The Morgan fingerprint density at radius 2 is 2.22 bits per heavy atom. The third-order valence-electron chi connectivity index (χ3n) is 2.19. The molecule has 0 fully saturated rings. The van der Waals surface area contributed by atoms with Gasteiger partial charge in [0.25, 0.3) is 0 Å². The van der Waals surface area contributed by atoms with Crippen molar-refractivity contribution in [3.05, 3.63) is 35.2 Å². The molecule has 5 nitrogen and oxygen atoms in total. The number of halogens is 2. The van der Waals surface area contributed by atoms with Crippen molar-refractivity contribution in [3.8, 4) is 5.75 Å². The van der Waals surface area contributed by atoms with Crippen molar-refractivity contribution >= 4 is 29.1 Å². The summed E-state index contributed by atoms with van der Waals surface area (Å²) in [5.74, 6) is 0.336. The molecule has 0 radical (unpaired) electrons. The van der Waals surface area contributed by atoms with Gasteiger partial charge in [0.1, 0.15) is 16.6 Å². The van der Waals surface area contributed by atoms with Crippen molar-refractivity contribution in [2.24, 2.45) is 0 Å². The number of methoxy groups -OCH3 is 1. The van der Waals surface area contributed by atoms with Gasteiger partial charge in [0, 0.05) is 6.07 Å². The van der Waals surface area contributed by atoms with Crippen molar-refractivity contribution in [1.29, 1.82) is 0 Å². The Balaban J connectivity index is 2.36. The van der Waals surface area contributed by atoms with Crippen LogP contribution in [0.3, 0.4) is 0 Å². The molecule has 0 saturated carbocycles. The van der Waals surface area contributed by atoms with E-state index in [1.165, 1.54) is 31.5 Å². The molecule has 18 heavy (non-hydrogen) atoms. The SMILES string of the molecule is COc1ccc(F)c(Nc2nc(N)ncc2Cl)c1. The van der Waals surface area contributed by atoms with E-state index in [0.29, 0.717) is 5.75 Å². The standard InChI is InChI=1S/C11H10ClFN4O/c1-18-6-2-3-8(13)9(4-6)16-10-7(12)5-15-11(14)17-10/h2-5H,1H3,(H3,14,15,16,17). The van der Waals surface area contributed by atoms with Gasteiger partial charge >= 0.3 is 0 Å². The lowest BCUT2D eigenvalue weighted by Crippen LogP contribution is -2.02. The maximum absolute atomic E-state index is 13.6. The fraction of sp³-hybridized carbons (Fsp3) is 0.0909. The van der Waals surface area contributed by atoms with E-state index in [-0.39, 0.29) is 22.5 Å². The summed E-state index contributed by atoms with van der Waals surface area (Å²) in [6, 6.07) is 4.28. The highest BCUT2D eigenvalue weighted by Crippen LogP contribution is 2.27. The topological polar surface area (TPSA) is 73.1 Å². The van der Waals surface area contributed by atoms with Gasteiger partial charge in [-0.15, -0.1) is 0 Å². The molecule has 0 aliphatic rings. The fourth-order valence-electron chi connectivity index (χ4n) is 1.32. The number of nitrogens with zero attached hydrogens (tertiary/aromatic N) is 2. The number of nitrogen functional groups attached to an aromatic ring is 1. The summed E-state index contributed by atoms with van der Waals surface area (Å²) in [7, 11) is 1.49. The van der Waals surface area contributed by atoms with Gasteiger partial charge in [-0.05, 0) is 12.1 Å². The van der Waals surface area contributed by atoms with Crippen LogP contribution in [0.1, 0.15) is 0 Å². The quantitative estimate of drug-likeness (QED) is 0.895. The molecule has 0 amide bonds. The molecule has 0 spiro atoms. The normalized spacial score (nSPS) is 10.2. The van der Waals surface area contributed by atoms with Gasteiger partial charge in [-0.1, -0.05) is 11.6 Å². The number of nitrogens with two attached hydrogens (primary N) is 1. The van der Waals surface area contributed by atoms with Crippen molar-refractivity contribution < 1.29 is 9.13 Å². The van der Waals surface area contributed by atoms with Crippen molar-refractivity contribution in [1.82, 2.24) is 9.97 Å². The first-order chi connectivity index (χ1) is 8.60. The van der Waals surface area contributed by atoms with Gasteiger partial charge in [-0.25, -0.2) is 9.37 Å². The average Bonchev–Trinajstić information content (AvgIpc) is 2.36. The van der Waals surface area contributed by atoms with E-state index in [0.717, 1.165) is 0 Å². The smallest absolute Gasteiger partial charge is 0.222 e. The number of nitrogens with one attached hydrogen (secondary N) is 1. The van der Waals surface area contributed by atoms with Crippen LogP contribution < -0.4 is 15.8 Å². The number of hydrogen-bond acceptors (Lipinski definition) is 5. The molecule has 0 bridgehead atoms. The lowest BCUT2D eigenvalue weighted by atomic mass is 10.3. The molecule has 1 aromatic carbocycles. The Bertz CT molecular complexity index is 579. The van der Waals surface area contributed by atoms with Crippen LogP contribution >= 0.6 is 11.6 Å². The third-order valence-corrected chi connectivity index (χ3v) is 2.47.